The van der Waals surface area contributed by atoms with E-state index in [1.165, 1.54) is 0 Å². The Labute approximate surface area is 102 Å². The van der Waals surface area contributed by atoms with Gasteiger partial charge in [-0.3, -0.25) is 0 Å². The van der Waals surface area contributed by atoms with Gasteiger partial charge in [-0.05, 0) is 19.8 Å². The van der Waals surface area contributed by atoms with Gasteiger partial charge in [0.2, 0.25) is 11.9 Å². The molecule has 0 spiro atoms. The largest absolute Gasteiger partial charge is 0.464 e. The molecule has 0 saturated carbocycles. The van der Waals surface area contributed by atoms with Crippen LogP contribution in [0.1, 0.15) is 27.7 Å². The second-order valence-corrected chi connectivity index (χ2v) is 4.13. The predicted molar refractivity (Wildman–Crippen MR) is 68.5 cm³/mol. The Morgan fingerprint density at radius 2 is 1.76 bits per heavy atom. The summed E-state index contributed by atoms with van der Waals surface area (Å²) in [4.78, 5) is 12.5. The molecule has 1 rings (SSSR count). The van der Waals surface area contributed by atoms with Crippen molar-refractivity contribution in [1.82, 2.24) is 15.0 Å². The molecular weight excluding hydrogens is 218 g/mol. The van der Waals surface area contributed by atoms with E-state index in [4.69, 9.17) is 4.74 Å². The molecule has 6 heteroatoms. The number of hydrogen-bond donors (Lipinski definition) is 2. The monoisotopic (exact) mass is 239 g/mol. The molecule has 0 radical (unpaired) electrons. The second-order valence-electron chi connectivity index (χ2n) is 4.13. The van der Waals surface area contributed by atoms with Crippen molar-refractivity contribution < 1.29 is 4.74 Å². The molecule has 96 valence electrons. The zero-order valence-corrected chi connectivity index (χ0v) is 11.1. The lowest BCUT2D eigenvalue weighted by molar-refractivity contribution is 0.312. The van der Waals surface area contributed by atoms with Crippen LogP contribution >= 0.6 is 0 Å². The highest BCUT2D eigenvalue weighted by molar-refractivity contribution is 5.36. The van der Waals surface area contributed by atoms with Crippen LogP contribution in [0.4, 0.5) is 11.9 Å². The van der Waals surface area contributed by atoms with E-state index >= 15 is 0 Å². The summed E-state index contributed by atoms with van der Waals surface area (Å²) in [5.41, 5.74) is 0. The molecule has 0 aromatic carbocycles. The van der Waals surface area contributed by atoms with Gasteiger partial charge in [0, 0.05) is 13.1 Å². The first-order valence-corrected chi connectivity index (χ1v) is 5.90. The molecule has 6 nitrogen and oxygen atoms in total. The van der Waals surface area contributed by atoms with E-state index in [2.05, 4.69) is 46.4 Å². The maximum absolute atomic E-state index is 5.29. The number of nitrogens with one attached hydrogen (secondary N) is 2. The van der Waals surface area contributed by atoms with E-state index in [1.54, 1.807) is 7.05 Å². The van der Waals surface area contributed by atoms with Gasteiger partial charge < -0.3 is 15.4 Å². The molecular formula is C11H21N5O. The molecule has 1 aromatic rings. The van der Waals surface area contributed by atoms with Gasteiger partial charge in [-0.1, -0.05) is 13.8 Å². The normalized spacial score (nSPS) is 12.4. The zero-order chi connectivity index (χ0) is 12.8. The molecule has 0 aliphatic heterocycles. The molecule has 17 heavy (non-hydrogen) atoms. The lowest BCUT2D eigenvalue weighted by atomic mass is 10.1. The van der Waals surface area contributed by atoms with Gasteiger partial charge in [0.25, 0.3) is 0 Å². The number of ether oxygens (including phenoxy) is 1. The summed E-state index contributed by atoms with van der Waals surface area (Å²) in [7, 11) is 1.76. The number of rotatable bonds is 6. The van der Waals surface area contributed by atoms with Crippen LogP contribution in [-0.2, 0) is 0 Å². The molecule has 0 aliphatic rings. The highest BCUT2D eigenvalue weighted by Gasteiger charge is 2.11. The van der Waals surface area contributed by atoms with Crippen molar-refractivity contribution in [1.29, 1.82) is 0 Å². The van der Waals surface area contributed by atoms with Gasteiger partial charge in [0.05, 0.1) is 6.61 Å². The topological polar surface area (TPSA) is 72.0 Å². The SMILES string of the molecule is CCOc1nc(NC)nc(NC(C)C(C)C)n1. The summed E-state index contributed by atoms with van der Waals surface area (Å²) in [6.07, 6.45) is 0. The van der Waals surface area contributed by atoms with Crippen LogP contribution in [0.5, 0.6) is 6.01 Å². The summed E-state index contributed by atoms with van der Waals surface area (Å²) in [5.74, 6) is 1.54. The molecule has 2 N–H and O–H groups in total. The summed E-state index contributed by atoms with van der Waals surface area (Å²) in [5, 5.41) is 6.12. The molecule has 1 unspecified atom stereocenters. The van der Waals surface area contributed by atoms with Gasteiger partial charge in [-0.25, -0.2) is 0 Å². The molecule has 1 heterocycles. The standard InChI is InChI=1S/C11H21N5O/c1-6-17-11-15-9(12-5)14-10(16-11)13-8(4)7(2)3/h7-8H,6H2,1-5H3,(H2,12,13,14,15,16). The van der Waals surface area contributed by atoms with E-state index in [0.717, 1.165) is 0 Å². The van der Waals surface area contributed by atoms with Gasteiger partial charge >= 0.3 is 6.01 Å². The molecule has 0 amide bonds. The van der Waals surface area contributed by atoms with Crippen LogP contribution in [0.15, 0.2) is 0 Å². The predicted octanol–water partition coefficient (Wildman–Crippen LogP) is 1.77. The van der Waals surface area contributed by atoms with Crippen molar-refractivity contribution in [3.63, 3.8) is 0 Å². The minimum atomic E-state index is 0.289. The van der Waals surface area contributed by atoms with Crippen molar-refractivity contribution >= 4 is 11.9 Å². The Bertz CT molecular complexity index is 356. The Morgan fingerprint density at radius 1 is 1.12 bits per heavy atom. The van der Waals surface area contributed by atoms with E-state index in [0.29, 0.717) is 30.4 Å². The average Bonchev–Trinajstić information content (AvgIpc) is 2.28. The lowest BCUT2D eigenvalue weighted by Crippen LogP contribution is -2.23. The maximum atomic E-state index is 5.29. The maximum Gasteiger partial charge on any atom is 0.323 e. The highest BCUT2D eigenvalue weighted by Crippen LogP contribution is 2.13. The van der Waals surface area contributed by atoms with Crippen molar-refractivity contribution in [2.75, 3.05) is 24.3 Å². The highest BCUT2D eigenvalue weighted by atomic mass is 16.5. The Kier molecular flexibility index (Phi) is 4.93. The first-order valence-electron chi connectivity index (χ1n) is 5.90. The zero-order valence-electron chi connectivity index (χ0n) is 11.1. The fourth-order valence-corrected chi connectivity index (χ4v) is 1.10. The third kappa shape index (κ3) is 4.05. The molecule has 1 aromatic heterocycles. The van der Waals surface area contributed by atoms with Gasteiger partial charge in [0.15, 0.2) is 0 Å². The first kappa shape index (κ1) is 13.5. The third-order valence-corrected chi connectivity index (χ3v) is 2.47. The molecule has 0 saturated heterocycles. The Balaban J connectivity index is 2.86. The number of anilines is 2. The quantitative estimate of drug-likeness (QED) is 0.788. The minimum Gasteiger partial charge on any atom is -0.464 e. The summed E-state index contributed by atoms with van der Waals surface area (Å²) >= 11 is 0. The van der Waals surface area contributed by atoms with Crippen LogP contribution in [-0.4, -0.2) is 34.6 Å². The smallest absolute Gasteiger partial charge is 0.323 e. The summed E-state index contributed by atoms with van der Waals surface area (Å²) in [6.45, 7) is 8.80. The third-order valence-electron chi connectivity index (χ3n) is 2.47. The molecule has 1 atom stereocenters. The van der Waals surface area contributed by atoms with E-state index in [1.807, 2.05) is 6.92 Å². The second kappa shape index (κ2) is 6.22. The van der Waals surface area contributed by atoms with Crippen LogP contribution in [0.25, 0.3) is 0 Å². The molecule has 0 fully saturated rings. The fourth-order valence-electron chi connectivity index (χ4n) is 1.10. The van der Waals surface area contributed by atoms with Crippen molar-refractivity contribution in [2.24, 2.45) is 5.92 Å². The fraction of sp³-hybridized carbons (Fsp3) is 0.727. The number of nitrogens with zero attached hydrogens (tertiary/aromatic N) is 3. The van der Waals surface area contributed by atoms with Gasteiger partial charge in [0.1, 0.15) is 0 Å². The summed E-state index contributed by atoms with van der Waals surface area (Å²) < 4.78 is 5.29. The molecule has 0 aliphatic carbocycles. The van der Waals surface area contributed by atoms with Crippen molar-refractivity contribution in [3.8, 4) is 6.01 Å². The Morgan fingerprint density at radius 3 is 2.29 bits per heavy atom. The van der Waals surface area contributed by atoms with Crippen LogP contribution < -0.4 is 15.4 Å². The van der Waals surface area contributed by atoms with Crippen molar-refractivity contribution in [3.05, 3.63) is 0 Å². The van der Waals surface area contributed by atoms with Crippen molar-refractivity contribution in [2.45, 2.75) is 33.7 Å². The van der Waals surface area contributed by atoms with Crippen LogP contribution in [0, 0.1) is 5.92 Å². The van der Waals surface area contributed by atoms with Gasteiger partial charge in [-0.15, -0.1) is 0 Å². The number of hydrogen-bond acceptors (Lipinski definition) is 6. The summed E-state index contributed by atoms with van der Waals surface area (Å²) in [6, 6.07) is 0.627. The molecule has 0 bridgehead atoms. The van der Waals surface area contributed by atoms with E-state index in [-0.39, 0.29) is 6.04 Å². The Hall–Kier alpha value is -1.59. The lowest BCUT2D eigenvalue weighted by Gasteiger charge is -2.17. The van der Waals surface area contributed by atoms with Crippen LogP contribution in [0.3, 0.4) is 0 Å². The minimum absolute atomic E-state index is 0.289. The van der Waals surface area contributed by atoms with Crippen LogP contribution in [0.2, 0.25) is 0 Å². The van der Waals surface area contributed by atoms with E-state index < -0.39 is 0 Å². The van der Waals surface area contributed by atoms with E-state index in [9.17, 15) is 0 Å². The first-order chi connectivity index (χ1) is 8.06. The number of aromatic nitrogens is 3. The average molecular weight is 239 g/mol. The van der Waals surface area contributed by atoms with Gasteiger partial charge in [-0.2, -0.15) is 15.0 Å².